The van der Waals surface area contributed by atoms with Gasteiger partial charge in [0.25, 0.3) is 0 Å². The first-order valence-corrected chi connectivity index (χ1v) is 21.3. The summed E-state index contributed by atoms with van der Waals surface area (Å²) in [5.41, 5.74) is 0.184. The molecule has 1 unspecified atom stereocenters. The Balaban J connectivity index is 1.35. The molecule has 320 valence electrons. The molecule has 4 fully saturated rings. The second kappa shape index (κ2) is 18.1. The maximum atomic E-state index is 14.3. The van der Waals surface area contributed by atoms with Crippen molar-refractivity contribution in [3.8, 4) is 0 Å². The van der Waals surface area contributed by atoms with Gasteiger partial charge in [-0.15, -0.1) is 0 Å². The number of aliphatic hydroxyl groups excluding tert-OH is 1. The van der Waals surface area contributed by atoms with Gasteiger partial charge in [0.2, 0.25) is 0 Å². The lowest BCUT2D eigenvalue weighted by atomic mass is 9.71. The van der Waals surface area contributed by atoms with Gasteiger partial charge >= 0.3 is 11.9 Å². The van der Waals surface area contributed by atoms with E-state index in [9.17, 15) is 19.8 Å². The second-order valence-electron chi connectivity index (χ2n) is 18.0. The number of rotatable bonds is 7. The molecular formula is C45H68O12. The molecule has 12 heteroatoms. The van der Waals surface area contributed by atoms with Gasteiger partial charge in [-0.2, -0.15) is 0 Å². The molecule has 0 saturated carbocycles. The van der Waals surface area contributed by atoms with Crippen LogP contribution < -0.4 is 0 Å². The number of carbonyl (C=O) groups excluding carboxylic acids is 2. The largest absolute Gasteiger partial charge is 0.462 e. The molecule has 0 amide bonds. The Hall–Kier alpha value is -2.42. The number of hydrogen-bond acceptors (Lipinski definition) is 12. The lowest BCUT2D eigenvalue weighted by Crippen LogP contribution is -2.58. The summed E-state index contributed by atoms with van der Waals surface area (Å²) in [6, 6.07) is 0. The predicted molar refractivity (Wildman–Crippen MR) is 211 cm³/mol. The standard InChI is InChI=1S/C45H68O12/c1-11-25(4)39-28(7)17-18-44(57-39)22-33-20-32(56-44)16-15-27(6)38(54-36-21-35(50-10)40(30(9)52-36)55-42(47)24(2)3)26(5)13-12-14-31-23-51-41-37(46)29(8)19-34(43(48)53-33)45(31,41)49/h12-15,19,24-26,28,30,32-41,46,49H,11,16-18,20-23H2,1-10H3/b13-12+,27-15+,31-14+/t25?,26-,28-,30-,32+,33-,34-,35-,36-,37+,38-,39+,40-,41+,44+,45+/m0/s1. The molecule has 16 atom stereocenters. The van der Waals surface area contributed by atoms with Gasteiger partial charge in [0, 0.05) is 38.7 Å². The van der Waals surface area contributed by atoms with E-state index >= 15 is 0 Å². The van der Waals surface area contributed by atoms with Crippen LogP contribution in [-0.4, -0.2) is 108 Å². The molecule has 6 rings (SSSR count). The lowest BCUT2D eigenvalue weighted by Gasteiger charge is -2.51. The van der Waals surface area contributed by atoms with Crippen LogP contribution in [0.2, 0.25) is 0 Å². The van der Waals surface area contributed by atoms with E-state index in [0.29, 0.717) is 55.1 Å². The molecule has 57 heavy (non-hydrogen) atoms. The normalized spacial score (nSPS) is 45.8. The number of fused-ring (bicyclic) bond motifs is 2. The van der Waals surface area contributed by atoms with Gasteiger partial charge in [-0.1, -0.05) is 78.3 Å². The Kier molecular flexibility index (Phi) is 14.0. The van der Waals surface area contributed by atoms with Crippen LogP contribution in [0.15, 0.2) is 47.1 Å². The van der Waals surface area contributed by atoms with Gasteiger partial charge in [-0.3, -0.25) is 9.59 Å². The highest BCUT2D eigenvalue weighted by atomic mass is 16.7. The first-order chi connectivity index (χ1) is 27.0. The van der Waals surface area contributed by atoms with E-state index in [1.54, 1.807) is 40.0 Å². The lowest BCUT2D eigenvalue weighted by molar-refractivity contribution is -0.340. The van der Waals surface area contributed by atoms with Crippen molar-refractivity contribution in [3.05, 3.63) is 47.1 Å². The zero-order valence-corrected chi connectivity index (χ0v) is 35.7. The van der Waals surface area contributed by atoms with Gasteiger partial charge in [0.15, 0.2) is 18.2 Å². The average Bonchev–Trinajstić information content (AvgIpc) is 3.51. The number of ether oxygens (including phenoxy) is 8. The first-order valence-electron chi connectivity index (χ1n) is 21.3. The Morgan fingerprint density at radius 3 is 2.53 bits per heavy atom. The van der Waals surface area contributed by atoms with Gasteiger partial charge in [0.1, 0.15) is 35.9 Å². The van der Waals surface area contributed by atoms with Gasteiger partial charge in [-0.25, -0.2) is 0 Å². The number of hydrogen-bond donors (Lipinski definition) is 2. The van der Waals surface area contributed by atoms with Crippen LogP contribution in [0, 0.1) is 29.6 Å². The number of carbonyl (C=O) groups is 2. The molecule has 0 radical (unpaired) electrons. The van der Waals surface area contributed by atoms with Gasteiger partial charge in [-0.05, 0) is 62.2 Å². The minimum Gasteiger partial charge on any atom is -0.462 e. The Labute approximate surface area is 339 Å². The van der Waals surface area contributed by atoms with E-state index in [4.69, 9.17) is 37.9 Å². The highest BCUT2D eigenvalue weighted by Crippen LogP contribution is 2.48. The van der Waals surface area contributed by atoms with Crippen molar-refractivity contribution in [2.24, 2.45) is 29.6 Å². The summed E-state index contributed by atoms with van der Waals surface area (Å²) in [5, 5.41) is 23.6. The Bertz CT molecular complexity index is 1560. The molecule has 5 aliphatic heterocycles. The number of allylic oxidation sites excluding steroid dienone is 2. The van der Waals surface area contributed by atoms with Crippen molar-refractivity contribution in [1.82, 2.24) is 0 Å². The zero-order valence-electron chi connectivity index (χ0n) is 35.7. The van der Waals surface area contributed by atoms with Crippen LogP contribution >= 0.6 is 0 Å². The summed E-state index contributed by atoms with van der Waals surface area (Å²) >= 11 is 0. The summed E-state index contributed by atoms with van der Waals surface area (Å²) in [5.74, 6) is -2.67. The molecule has 0 aromatic heterocycles. The van der Waals surface area contributed by atoms with E-state index in [-0.39, 0.29) is 36.6 Å². The summed E-state index contributed by atoms with van der Waals surface area (Å²) in [6.07, 6.45) is 8.13. The van der Waals surface area contributed by atoms with E-state index in [2.05, 4.69) is 33.8 Å². The highest BCUT2D eigenvalue weighted by Gasteiger charge is 2.60. The van der Waals surface area contributed by atoms with Crippen molar-refractivity contribution in [2.75, 3.05) is 13.7 Å². The SMILES string of the molecule is CCC(C)[C@H]1O[C@]2(CC[C@@H]1C)C[C@@H]1C[C@@H](C/C=C(\C)[C@@H](O[C@H]3C[C@H](OC)[C@@H](OC(=O)C(C)C)[C@H](C)O3)[C@@H](C)/C=C/C=C3\CO[C@@H]4[C@H](O)C(C)=C[C@@H](C(=O)O1)[C@]34O)O2. The molecule has 6 aliphatic rings. The van der Waals surface area contributed by atoms with E-state index < -0.39 is 72.3 Å². The van der Waals surface area contributed by atoms with E-state index in [1.165, 1.54) is 0 Å². The maximum absolute atomic E-state index is 14.3. The molecule has 2 bridgehead atoms. The van der Waals surface area contributed by atoms with E-state index in [1.807, 2.05) is 26.0 Å². The predicted octanol–water partition coefficient (Wildman–Crippen LogP) is 6.27. The Morgan fingerprint density at radius 1 is 1.07 bits per heavy atom. The van der Waals surface area contributed by atoms with Gasteiger partial charge < -0.3 is 48.1 Å². The summed E-state index contributed by atoms with van der Waals surface area (Å²) in [4.78, 5) is 26.8. The second-order valence-corrected chi connectivity index (χ2v) is 18.0. The van der Waals surface area contributed by atoms with Crippen LogP contribution in [-0.2, 0) is 47.5 Å². The third kappa shape index (κ3) is 9.18. The molecule has 1 aliphatic carbocycles. The molecule has 2 N–H and O–H groups in total. The zero-order chi connectivity index (χ0) is 41.4. The van der Waals surface area contributed by atoms with Crippen LogP contribution in [0.3, 0.4) is 0 Å². The monoisotopic (exact) mass is 800 g/mol. The van der Waals surface area contributed by atoms with Crippen LogP contribution in [0.25, 0.3) is 0 Å². The minimum absolute atomic E-state index is 0.00285. The van der Waals surface area contributed by atoms with Crippen molar-refractivity contribution in [3.63, 3.8) is 0 Å². The fourth-order valence-electron chi connectivity index (χ4n) is 9.70. The number of esters is 2. The minimum atomic E-state index is -1.82. The molecule has 12 nitrogen and oxygen atoms in total. The van der Waals surface area contributed by atoms with Crippen molar-refractivity contribution < 1.29 is 57.7 Å². The summed E-state index contributed by atoms with van der Waals surface area (Å²) in [7, 11) is 1.60. The van der Waals surface area contributed by atoms with Crippen molar-refractivity contribution in [1.29, 1.82) is 0 Å². The maximum Gasteiger partial charge on any atom is 0.316 e. The number of aliphatic hydroxyl groups is 2. The fourth-order valence-corrected chi connectivity index (χ4v) is 9.70. The third-order valence-corrected chi connectivity index (χ3v) is 13.4. The molecule has 5 heterocycles. The van der Waals surface area contributed by atoms with Crippen molar-refractivity contribution in [2.45, 2.75) is 180 Å². The van der Waals surface area contributed by atoms with Crippen LogP contribution in [0.4, 0.5) is 0 Å². The molecule has 1 spiro atoms. The molecular weight excluding hydrogens is 732 g/mol. The summed E-state index contributed by atoms with van der Waals surface area (Å²) in [6.45, 7) is 18.0. The molecule has 4 saturated heterocycles. The number of methoxy groups -OCH3 is 1. The Morgan fingerprint density at radius 2 is 1.82 bits per heavy atom. The smallest absolute Gasteiger partial charge is 0.316 e. The molecule has 0 aromatic rings. The van der Waals surface area contributed by atoms with Gasteiger partial charge in [0.05, 0.1) is 36.9 Å². The third-order valence-electron chi connectivity index (χ3n) is 13.4. The highest BCUT2D eigenvalue weighted by molar-refractivity contribution is 5.78. The molecule has 0 aromatic carbocycles. The quantitative estimate of drug-likeness (QED) is 0.221. The fraction of sp³-hybridized carbons (Fsp3) is 0.778. The topological polar surface area (TPSA) is 148 Å². The van der Waals surface area contributed by atoms with Crippen molar-refractivity contribution >= 4 is 11.9 Å². The summed E-state index contributed by atoms with van der Waals surface area (Å²) < 4.78 is 51.1. The first kappa shape index (κ1) is 44.1. The average molecular weight is 801 g/mol. The van der Waals surface area contributed by atoms with E-state index in [0.717, 1.165) is 18.4 Å². The van der Waals surface area contributed by atoms with Crippen LogP contribution in [0.1, 0.15) is 107 Å². The van der Waals surface area contributed by atoms with Crippen LogP contribution in [0.5, 0.6) is 0 Å².